The van der Waals surface area contributed by atoms with Gasteiger partial charge >= 0.3 is 0 Å². The van der Waals surface area contributed by atoms with Crippen LogP contribution in [0.3, 0.4) is 0 Å². The number of piperazine rings is 1. The van der Waals surface area contributed by atoms with E-state index in [1.54, 1.807) is 6.92 Å². The van der Waals surface area contributed by atoms with Gasteiger partial charge in [0.05, 0.1) is 0 Å². The average Bonchev–Trinajstić information content (AvgIpc) is 2.36. The number of sulfonamides is 1. The Bertz CT molecular complexity index is 598. The van der Waals surface area contributed by atoms with E-state index in [0.29, 0.717) is 19.2 Å². The van der Waals surface area contributed by atoms with Gasteiger partial charge in [-0.1, -0.05) is 0 Å². The normalized spacial score (nSPS) is 20.5. The first-order valence-electron chi connectivity index (χ1n) is 5.71. The first-order valence-corrected chi connectivity index (χ1v) is 7.15. The Labute approximate surface area is 121 Å². The van der Waals surface area contributed by atoms with E-state index < -0.39 is 32.4 Å². The number of benzene rings is 1. The third-order valence-corrected chi connectivity index (χ3v) is 5.06. The van der Waals surface area contributed by atoms with Gasteiger partial charge in [-0.15, -0.1) is 12.4 Å². The highest BCUT2D eigenvalue weighted by Crippen LogP contribution is 2.24. The molecule has 20 heavy (non-hydrogen) atoms. The maximum atomic E-state index is 13.6. The Morgan fingerprint density at radius 3 is 2.50 bits per heavy atom. The van der Waals surface area contributed by atoms with Crippen molar-refractivity contribution in [2.24, 2.45) is 0 Å². The number of hydrogen-bond donors (Lipinski definition) is 1. The number of nitrogens with one attached hydrogen (secondary N) is 1. The van der Waals surface area contributed by atoms with Gasteiger partial charge in [0.25, 0.3) is 0 Å². The van der Waals surface area contributed by atoms with E-state index in [9.17, 15) is 21.6 Å². The highest BCUT2D eigenvalue weighted by Gasteiger charge is 2.34. The summed E-state index contributed by atoms with van der Waals surface area (Å²) in [6.07, 6.45) is 0. The van der Waals surface area contributed by atoms with Gasteiger partial charge < -0.3 is 5.32 Å². The van der Waals surface area contributed by atoms with E-state index in [4.69, 9.17) is 0 Å². The minimum Gasteiger partial charge on any atom is -0.314 e. The highest BCUT2D eigenvalue weighted by molar-refractivity contribution is 7.89. The van der Waals surface area contributed by atoms with Crippen LogP contribution in [0.4, 0.5) is 13.2 Å². The smallest absolute Gasteiger partial charge is 0.246 e. The summed E-state index contributed by atoms with van der Waals surface area (Å²) in [6.45, 7) is 2.66. The first-order chi connectivity index (χ1) is 8.85. The third kappa shape index (κ3) is 2.93. The van der Waals surface area contributed by atoms with Crippen LogP contribution in [0, 0.1) is 17.5 Å². The first kappa shape index (κ1) is 17.2. The zero-order valence-corrected chi connectivity index (χ0v) is 12.2. The zero-order valence-electron chi connectivity index (χ0n) is 10.6. The topological polar surface area (TPSA) is 49.4 Å². The van der Waals surface area contributed by atoms with E-state index in [1.165, 1.54) is 0 Å². The van der Waals surface area contributed by atoms with E-state index in [2.05, 4.69) is 5.32 Å². The van der Waals surface area contributed by atoms with Crippen molar-refractivity contribution in [3.8, 4) is 0 Å². The minimum absolute atomic E-state index is 0. The van der Waals surface area contributed by atoms with E-state index in [0.717, 1.165) is 10.4 Å². The summed E-state index contributed by atoms with van der Waals surface area (Å²) >= 11 is 0. The van der Waals surface area contributed by atoms with E-state index >= 15 is 0 Å². The molecule has 0 saturated carbocycles. The molecule has 0 unspecified atom stereocenters. The molecular formula is C11H14ClF3N2O2S. The summed E-state index contributed by atoms with van der Waals surface area (Å²) in [7, 11) is -4.17. The molecule has 1 aromatic rings. The van der Waals surface area contributed by atoms with Crippen LogP contribution >= 0.6 is 12.4 Å². The fraction of sp³-hybridized carbons (Fsp3) is 0.455. The lowest BCUT2D eigenvalue weighted by atomic mass is 10.3. The standard InChI is InChI=1S/C11H13F3N2O2S.ClH/c1-7-6-15-4-5-16(7)19(17,18)9-3-2-8(12)10(13)11(9)14;/h2-3,7,15H,4-6H2,1H3;1H/t7-;/m0./s1. The van der Waals surface area contributed by atoms with Crippen molar-refractivity contribution in [2.45, 2.75) is 17.9 Å². The van der Waals surface area contributed by atoms with Gasteiger partial charge in [0.2, 0.25) is 10.0 Å². The second-order valence-electron chi connectivity index (χ2n) is 4.34. The second-order valence-corrected chi connectivity index (χ2v) is 6.20. The van der Waals surface area contributed by atoms with Gasteiger partial charge in [-0.2, -0.15) is 4.31 Å². The number of halogens is 4. The predicted octanol–water partition coefficient (Wildman–Crippen LogP) is 1.51. The van der Waals surface area contributed by atoms with Gasteiger partial charge in [0.1, 0.15) is 4.90 Å². The Balaban J connectivity index is 0.00000200. The Kier molecular flexibility index (Phi) is 5.42. The Morgan fingerprint density at radius 2 is 1.90 bits per heavy atom. The molecule has 0 spiro atoms. The highest BCUT2D eigenvalue weighted by atomic mass is 35.5. The molecule has 1 heterocycles. The molecule has 2 rings (SSSR count). The SMILES string of the molecule is C[C@H]1CNCCN1S(=O)(=O)c1ccc(F)c(F)c1F.Cl. The van der Waals surface area contributed by atoms with Crippen molar-refractivity contribution in [1.82, 2.24) is 9.62 Å². The largest absolute Gasteiger partial charge is 0.314 e. The van der Waals surface area contributed by atoms with Crippen LogP contribution in [0.25, 0.3) is 0 Å². The van der Waals surface area contributed by atoms with Crippen LogP contribution in [-0.2, 0) is 10.0 Å². The molecule has 1 aliphatic rings. The fourth-order valence-corrected chi connectivity index (χ4v) is 3.70. The van der Waals surface area contributed by atoms with Crippen molar-refractivity contribution in [3.63, 3.8) is 0 Å². The van der Waals surface area contributed by atoms with Crippen LogP contribution in [0.15, 0.2) is 17.0 Å². The van der Waals surface area contributed by atoms with Crippen molar-refractivity contribution in [3.05, 3.63) is 29.6 Å². The molecule has 9 heteroatoms. The molecule has 1 aliphatic heterocycles. The van der Waals surface area contributed by atoms with Crippen LogP contribution in [0.5, 0.6) is 0 Å². The maximum Gasteiger partial charge on any atom is 0.246 e. The molecule has 114 valence electrons. The molecular weight excluding hydrogens is 317 g/mol. The zero-order chi connectivity index (χ0) is 14.2. The van der Waals surface area contributed by atoms with Gasteiger partial charge in [-0.25, -0.2) is 21.6 Å². The van der Waals surface area contributed by atoms with Crippen LogP contribution < -0.4 is 5.32 Å². The minimum atomic E-state index is -4.17. The maximum absolute atomic E-state index is 13.6. The molecule has 1 saturated heterocycles. The van der Waals surface area contributed by atoms with Crippen LogP contribution in [0.1, 0.15) is 6.92 Å². The van der Waals surface area contributed by atoms with Gasteiger partial charge in [-0.3, -0.25) is 0 Å². The Hall–Kier alpha value is -0.830. The number of rotatable bonds is 2. The van der Waals surface area contributed by atoms with E-state index in [-0.39, 0.29) is 25.0 Å². The summed E-state index contributed by atoms with van der Waals surface area (Å²) in [6, 6.07) is 0.974. The molecule has 0 radical (unpaired) electrons. The summed E-state index contributed by atoms with van der Waals surface area (Å²) < 4.78 is 65.2. The number of nitrogens with zero attached hydrogens (tertiary/aromatic N) is 1. The van der Waals surface area contributed by atoms with Crippen molar-refractivity contribution in [1.29, 1.82) is 0 Å². The molecule has 0 amide bonds. The molecule has 1 atom stereocenters. The summed E-state index contributed by atoms with van der Waals surface area (Å²) in [5, 5.41) is 2.99. The summed E-state index contributed by atoms with van der Waals surface area (Å²) in [4.78, 5) is -0.833. The van der Waals surface area contributed by atoms with Crippen molar-refractivity contribution in [2.75, 3.05) is 19.6 Å². The molecule has 0 aromatic heterocycles. The molecule has 0 aliphatic carbocycles. The third-order valence-electron chi connectivity index (χ3n) is 3.03. The molecule has 0 bridgehead atoms. The summed E-state index contributed by atoms with van der Waals surface area (Å²) in [5.74, 6) is -4.86. The van der Waals surface area contributed by atoms with Gasteiger partial charge in [0.15, 0.2) is 17.5 Å². The molecule has 1 fully saturated rings. The fourth-order valence-electron chi connectivity index (χ4n) is 2.01. The average molecular weight is 331 g/mol. The number of hydrogen-bond acceptors (Lipinski definition) is 3. The Morgan fingerprint density at radius 1 is 1.25 bits per heavy atom. The lowest BCUT2D eigenvalue weighted by Crippen LogP contribution is -2.52. The predicted molar refractivity (Wildman–Crippen MR) is 69.8 cm³/mol. The van der Waals surface area contributed by atoms with Crippen LogP contribution in [0.2, 0.25) is 0 Å². The van der Waals surface area contributed by atoms with Crippen LogP contribution in [-0.4, -0.2) is 38.4 Å². The summed E-state index contributed by atoms with van der Waals surface area (Å²) in [5.41, 5.74) is 0. The molecule has 1 N–H and O–H groups in total. The van der Waals surface area contributed by atoms with Gasteiger partial charge in [0, 0.05) is 25.7 Å². The second kappa shape index (κ2) is 6.30. The quantitative estimate of drug-likeness (QED) is 0.836. The molecule has 4 nitrogen and oxygen atoms in total. The lowest BCUT2D eigenvalue weighted by molar-refractivity contribution is 0.282. The lowest BCUT2D eigenvalue weighted by Gasteiger charge is -2.32. The monoisotopic (exact) mass is 330 g/mol. The van der Waals surface area contributed by atoms with E-state index in [1.807, 2.05) is 0 Å². The van der Waals surface area contributed by atoms with Crippen molar-refractivity contribution >= 4 is 22.4 Å². The van der Waals surface area contributed by atoms with Crippen molar-refractivity contribution < 1.29 is 21.6 Å². The van der Waals surface area contributed by atoms with Gasteiger partial charge in [-0.05, 0) is 19.1 Å². The molecule has 1 aromatic carbocycles.